The molecule has 7 nitrogen and oxygen atoms in total. The number of pyridine rings is 1. The second kappa shape index (κ2) is 9.34. The third-order valence-corrected chi connectivity index (χ3v) is 5.66. The Morgan fingerprint density at radius 3 is 2.58 bits per heavy atom. The van der Waals surface area contributed by atoms with Gasteiger partial charge in [-0.1, -0.05) is 29.8 Å². The Bertz CT molecular complexity index is 1240. The summed E-state index contributed by atoms with van der Waals surface area (Å²) in [6, 6.07) is 16.2. The first kappa shape index (κ1) is 22.4. The van der Waals surface area contributed by atoms with E-state index in [4.69, 9.17) is 21.1 Å². The summed E-state index contributed by atoms with van der Waals surface area (Å²) >= 11 is 6.14. The van der Waals surface area contributed by atoms with Gasteiger partial charge in [-0.25, -0.2) is 0 Å². The molecule has 0 spiro atoms. The minimum Gasteiger partial charge on any atom is -0.507 e. The number of ketones is 1. The molecule has 1 aliphatic heterocycles. The molecule has 1 fully saturated rings. The van der Waals surface area contributed by atoms with Crippen LogP contribution in [-0.2, 0) is 16.1 Å². The summed E-state index contributed by atoms with van der Waals surface area (Å²) in [5.74, 6) is -1.05. The molecule has 0 bridgehead atoms. The van der Waals surface area contributed by atoms with Gasteiger partial charge in [-0.05, 0) is 48.0 Å². The largest absolute Gasteiger partial charge is 0.507 e. The van der Waals surface area contributed by atoms with Crippen LogP contribution in [0.3, 0.4) is 0 Å². The lowest BCUT2D eigenvalue weighted by Gasteiger charge is -2.25. The highest BCUT2D eigenvalue weighted by Crippen LogP contribution is 2.42. The molecule has 0 saturated carbocycles. The summed E-state index contributed by atoms with van der Waals surface area (Å²) < 4.78 is 10.7. The van der Waals surface area contributed by atoms with Crippen LogP contribution in [0.1, 0.15) is 22.9 Å². The highest BCUT2D eigenvalue weighted by atomic mass is 35.5. The monoisotopic (exact) mass is 464 g/mol. The second-order valence-electron chi connectivity index (χ2n) is 7.37. The van der Waals surface area contributed by atoms with Crippen LogP contribution in [0.15, 0.2) is 72.4 Å². The molecule has 168 valence electrons. The smallest absolute Gasteiger partial charge is 0.296 e. The Hall–Kier alpha value is -3.84. The van der Waals surface area contributed by atoms with Gasteiger partial charge in [-0.15, -0.1) is 0 Å². The van der Waals surface area contributed by atoms with Gasteiger partial charge in [0.1, 0.15) is 17.3 Å². The van der Waals surface area contributed by atoms with Crippen molar-refractivity contribution in [3.05, 3.63) is 94.3 Å². The van der Waals surface area contributed by atoms with Gasteiger partial charge in [-0.3, -0.25) is 14.6 Å². The molecule has 8 heteroatoms. The molecular formula is C25H21ClN2O5. The van der Waals surface area contributed by atoms with Gasteiger partial charge in [-0.2, -0.15) is 0 Å². The van der Waals surface area contributed by atoms with Crippen LogP contribution in [0, 0.1) is 0 Å². The number of rotatable bonds is 6. The lowest BCUT2D eigenvalue weighted by molar-refractivity contribution is -0.140. The van der Waals surface area contributed by atoms with Crippen molar-refractivity contribution in [2.24, 2.45) is 0 Å². The molecule has 1 N–H and O–H groups in total. The van der Waals surface area contributed by atoms with E-state index < -0.39 is 17.7 Å². The van der Waals surface area contributed by atoms with E-state index >= 15 is 0 Å². The molecule has 1 unspecified atom stereocenters. The number of nitrogens with zero attached hydrogens (tertiary/aromatic N) is 2. The van der Waals surface area contributed by atoms with Crippen molar-refractivity contribution in [1.29, 1.82) is 0 Å². The van der Waals surface area contributed by atoms with Gasteiger partial charge < -0.3 is 19.5 Å². The molecule has 3 aromatic rings. The van der Waals surface area contributed by atoms with E-state index in [-0.39, 0.29) is 23.4 Å². The molecule has 0 aliphatic carbocycles. The van der Waals surface area contributed by atoms with Crippen LogP contribution in [-0.4, -0.2) is 40.9 Å². The van der Waals surface area contributed by atoms with Crippen molar-refractivity contribution in [2.45, 2.75) is 12.6 Å². The van der Waals surface area contributed by atoms with E-state index in [9.17, 15) is 14.7 Å². The molecule has 1 saturated heterocycles. The van der Waals surface area contributed by atoms with Crippen LogP contribution in [0.2, 0.25) is 5.02 Å². The van der Waals surface area contributed by atoms with Gasteiger partial charge in [0.2, 0.25) is 0 Å². The van der Waals surface area contributed by atoms with E-state index in [2.05, 4.69) is 4.98 Å². The molecule has 33 heavy (non-hydrogen) atoms. The number of amides is 1. The Balaban J connectivity index is 1.92. The number of carbonyl (C=O) groups is 2. The topological polar surface area (TPSA) is 89.0 Å². The van der Waals surface area contributed by atoms with Crippen molar-refractivity contribution >= 4 is 29.1 Å². The number of hydrogen-bond acceptors (Lipinski definition) is 6. The molecule has 2 heterocycles. The summed E-state index contributed by atoms with van der Waals surface area (Å²) in [5, 5.41) is 11.6. The standard InChI is InChI=1S/C25H21ClN2O5/c1-32-18-8-5-6-15(12-18)22-21(23(29)19-13-16(26)9-10-20(19)33-2)24(30)25(31)28(22)14-17-7-3-4-11-27-17/h3-13,22,29H,14H2,1-2H3/b23-21+. The Morgan fingerprint density at radius 1 is 1.06 bits per heavy atom. The van der Waals surface area contributed by atoms with Crippen molar-refractivity contribution < 1.29 is 24.2 Å². The number of halogens is 1. The summed E-state index contributed by atoms with van der Waals surface area (Å²) in [5.41, 5.74) is 1.36. The Labute approximate surface area is 195 Å². The first-order valence-corrected chi connectivity index (χ1v) is 10.5. The lowest BCUT2D eigenvalue weighted by atomic mass is 9.94. The zero-order valence-electron chi connectivity index (χ0n) is 18.0. The van der Waals surface area contributed by atoms with Crippen LogP contribution in [0.4, 0.5) is 0 Å². The fraction of sp³-hybridized carbons (Fsp3) is 0.160. The van der Waals surface area contributed by atoms with E-state index in [0.29, 0.717) is 27.8 Å². The maximum Gasteiger partial charge on any atom is 0.296 e. The summed E-state index contributed by atoms with van der Waals surface area (Å²) in [6.07, 6.45) is 1.61. The molecule has 1 aromatic heterocycles. The molecule has 0 radical (unpaired) electrons. The first-order valence-electron chi connectivity index (χ1n) is 10.1. The molecule has 1 atom stereocenters. The number of aliphatic hydroxyl groups is 1. The molecule has 2 aromatic carbocycles. The molecule has 4 rings (SSSR count). The maximum absolute atomic E-state index is 13.2. The average Bonchev–Trinajstić information content (AvgIpc) is 3.09. The van der Waals surface area contributed by atoms with Crippen LogP contribution in [0.25, 0.3) is 5.76 Å². The Morgan fingerprint density at radius 2 is 1.88 bits per heavy atom. The number of Topliss-reactive ketones (excluding diaryl/α,β-unsaturated/α-hetero) is 1. The fourth-order valence-electron chi connectivity index (χ4n) is 3.88. The highest BCUT2D eigenvalue weighted by Gasteiger charge is 2.46. The van der Waals surface area contributed by atoms with Gasteiger partial charge in [0.05, 0.1) is 43.6 Å². The fourth-order valence-corrected chi connectivity index (χ4v) is 4.05. The summed E-state index contributed by atoms with van der Waals surface area (Å²) in [4.78, 5) is 32.0. The van der Waals surface area contributed by atoms with Crippen molar-refractivity contribution in [1.82, 2.24) is 9.88 Å². The third kappa shape index (κ3) is 4.27. The number of benzene rings is 2. The molecular weight excluding hydrogens is 444 g/mol. The first-order chi connectivity index (χ1) is 15.9. The number of aromatic nitrogens is 1. The average molecular weight is 465 g/mol. The quantitative estimate of drug-likeness (QED) is 0.331. The van der Waals surface area contributed by atoms with Crippen molar-refractivity contribution in [3.63, 3.8) is 0 Å². The zero-order valence-corrected chi connectivity index (χ0v) is 18.7. The highest BCUT2D eigenvalue weighted by molar-refractivity contribution is 6.46. The molecule has 1 amide bonds. The minimum atomic E-state index is -0.870. The SMILES string of the molecule is COc1cccc(C2/C(=C(\O)c3cc(Cl)ccc3OC)C(=O)C(=O)N2Cc2ccccn2)c1. The maximum atomic E-state index is 13.2. The number of ether oxygens (including phenoxy) is 2. The van der Waals surface area contributed by atoms with E-state index in [1.54, 1.807) is 60.8 Å². The van der Waals surface area contributed by atoms with Gasteiger partial charge in [0.25, 0.3) is 11.7 Å². The van der Waals surface area contributed by atoms with Gasteiger partial charge in [0.15, 0.2) is 0 Å². The Kier molecular flexibility index (Phi) is 6.33. The predicted octanol–water partition coefficient (Wildman–Crippen LogP) is 4.37. The van der Waals surface area contributed by atoms with E-state index in [1.807, 2.05) is 0 Å². The van der Waals surface area contributed by atoms with Gasteiger partial charge >= 0.3 is 0 Å². The number of aliphatic hydroxyl groups excluding tert-OH is 1. The lowest BCUT2D eigenvalue weighted by Crippen LogP contribution is -2.29. The van der Waals surface area contributed by atoms with E-state index in [0.717, 1.165) is 0 Å². The predicted molar refractivity (Wildman–Crippen MR) is 123 cm³/mol. The number of likely N-dealkylation sites (tertiary alicyclic amines) is 1. The number of hydrogen-bond donors (Lipinski definition) is 1. The third-order valence-electron chi connectivity index (χ3n) is 5.42. The number of methoxy groups -OCH3 is 2. The normalized spacial score (nSPS) is 17.3. The van der Waals surface area contributed by atoms with E-state index in [1.165, 1.54) is 25.2 Å². The summed E-state index contributed by atoms with van der Waals surface area (Å²) in [7, 11) is 2.97. The molecule has 1 aliphatic rings. The van der Waals surface area contributed by atoms with Crippen LogP contribution >= 0.6 is 11.6 Å². The number of carbonyl (C=O) groups excluding carboxylic acids is 2. The second-order valence-corrected chi connectivity index (χ2v) is 7.81. The van der Waals surface area contributed by atoms with Crippen molar-refractivity contribution in [3.8, 4) is 11.5 Å². The zero-order chi connectivity index (χ0) is 23.5. The van der Waals surface area contributed by atoms with Crippen molar-refractivity contribution in [2.75, 3.05) is 14.2 Å². The van der Waals surface area contributed by atoms with Gasteiger partial charge in [0, 0.05) is 11.2 Å². The summed E-state index contributed by atoms with van der Waals surface area (Å²) in [6.45, 7) is 0.0801. The van der Waals surface area contributed by atoms with Crippen LogP contribution in [0.5, 0.6) is 11.5 Å². The van der Waals surface area contributed by atoms with Crippen LogP contribution < -0.4 is 9.47 Å². The minimum absolute atomic E-state index is 0.0650.